The van der Waals surface area contributed by atoms with Crippen molar-refractivity contribution in [1.29, 1.82) is 0 Å². The molecular formula is C68H98ClF4N21O16SW2. The van der Waals surface area contributed by atoms with Gasteiger partial charge in [0.2, 0.25) is 16.6 Å². The first kappa shape index (κ1) is 92.8. The minimum atomic E-state index is -2.88. The number of rotatable bonds is 3. The number of fused-ring (bicyclic) bond motifs is 4. The van der Waals surface area contributed by atoms with Crippen molar-refractivity contribution in [2.75, 3.05) is 41.8 Å². The van der Waals surface area contributed by atoms with Crippen LogP contribution in [0, 0.1) is 21.5 Å². The van der Waals surface area contributed by atoms with Crippen LogP contribution in [0.3, 0.4) is 0 Å². The number of hydrogen-bond donors (Lipinski definition) is 0. The maximum atomic E-state index is 12.0. The fourth-order valence-corrected chi connectivity index (χ4v) is 16.0. The van der Waals surface area contributed by atoms with Crippen LogP contribution in [0.25, 0.3) is 0 Å². The Labute approximate surface area is 676 Å². The van der Waals surface area contributed by atoms with Crippen molar-refractivity contribution in [2.45, 2.75) is 209 Å². The van der Waals surface area contributed by atoms with Crippen LogP contribution in [0.1, 0.15) is 155 Å². The van der Waals surface area contributed by atoms with Gasteiger partial charge in [-0.1, -0.05) is 32.4 Å². The number of nitrogens with zero attached hydrogens (tertiary/aromatic N) is 21. The smallest absolute Gasteiger partial charge is 0.392 e. The summed E-state index contributed by atoms with van der Waals surface area (Å²) in [6, 6.07) is -0.263. The van der Waals surface area contributed by atoms with Gasteiger partial charge < -0.3 is 23.5 Å². The number of carbonyl (C=O) groups is 8. The summed E-state index contributed by atoms with van der Waals surface area (Å²) in [5, 5.41) is 15.5. The van der Waals surface area contributed by atoms with Crippen LogP contribution in [0.15, 0.2) is 51.1 Å². The van der Waals surface area contributed by atoms with E-state index in [0.717, 1.165) is 139 Å². The average Bonchev–Trinajstić information content (AvgIpc) is 1.67. The number of imide groups is 4. The standard InChI is InChI=1S/C9H11NO2.C8H12N2O2.C7H11N3OS.C7H11N3O.C7H11N3.C7H12N2O2.C7H9NO3.C6H7ClF2N2O.C5H7F2N3O.C5H7NO3.2W/c1-10-8(11)6-4-2-3-5-7(6)9(10)12;1-9-7(11)6-4-2-3-5-10(6)8(9)12;1-8-6-9-4-2-3-5-10(9)7(11)12-6;1-9-7(11)10-5-3-2-4-6(10)8-9;1-8-6-9-4-2-3-5-10(9)7-8;1-7(2,3)5-8-9(4)6(10)11-5;1-4(2)5-6(9)8(3)7(10)11-5;1-3-4(7)5(11(2)10-3)12-6(8)9;1-3-8-9(2)5(11)10(3)4(6)7;1-3-4(7)6(2)5(8)9-3;;/h2-5H2,1H3;6H,2-5H2,1H3;2-5H2,1H3;2-5H2,1H3;2-5H2,1H3;1-4H3;1-3H3;6H,1-2H3;4H,1-2H3;3H,1-2H3;;. The molecule has 2 unspecified atom stereocenters. The second-order valence-corrected chi connectivity index (χ2v) is 31.8. The molecule has 14 heterocycles. The minimum absolute atomic E-state index is 0.0208. The van der Waals surface area contributed by atoms with E-state index < -0.39 is 42.9 Å². The Hall–Kier alpha value is -9.04. The molecule has 113 heavy (non-hydrogen) atoms. The molecule has 4 fully saturated rings. The van der Waals surface area contributed by atoms with Crippen molar-refractivity contribution in [1.82, 2.24) is 96.0 Å². The van der Waals surface area contributed by atoms with Crippen LogP contribution < -0.4 is 31.5 Å². The van der Waals surface area contributed by atoms with Gasteiger partial charge in [0, 0.05) is 113 Å². The molecular weight excluding hydrogens is 1880 g/mol. The second kappa shape index (κ2) is 40.8. The Bertz CT molecular complexity index is 4940. The van der Waals surface area contributed by atoms with Gasteiger partial charge in [0.05, 0.1) is 5.69 Å². The molecule has 0 spiro atoms. The van der Waals surface area contributed by atoms with E-state index >= 15 is 0 Å². The molecule has 0 radical (unpaired) electrons. The van der Waals surface area contributed by atoms with Gasteiger partial charge in [0.15, 0.2) is 11.9 Å². The number of urea groups is 1. The zero-order valence-electron chi connectivity index (χ0n) is 66.5. The molecule has 9 amide bonds. The number of hydrogen-bond acceptors (Lipinski definition) is 22. The third-order valence-electron chi connectivity index (χ3n) is 18.3. The molecule has 624 valence electrons. The van der Waals surface area contributed by atoms with E-state index in [4.69, 9.17) is 16.0 Å². The number of ether oxygens (including phenoxy) is 3. The van der Waals surface area contributed by atoms with Gasteiger partial charge in [-0.25, -0.2) is 61.9 Å². The summed E-state index contributed by atoms with van der Waals surface area (Å²) in [6.07, 6.45) is 13.1. The molecule has 1 aliphatic carbocycles. The van der Waals surface area contributed by atoms with Crippen molar-refractivity contribution < 1.29 is 113 Å². The molecule has 2 atom stereocenters. The van der Waals surface area contributed by atoms with Gasteiger partial charge in [-0.05, 0) is 122 Å². The summed E-state index contributed by atoms with van der Waals surface area (Å²) in [5.74, 6) is 0.261. The first-order chi connectivity index (χ1) is 52.9. The molecule has 0 aromatic carbocycles. The van der Waals surface area contributed by atoms with Crippen LogP contribution in [-0.4, -0.2) is 204 Å². The molecule has 0 saturated carbocycles. The molecule has 9 aliphatic rings. The topological polar surface area (TPSA) is 380 Å². The molecule has 15 rings (SSSR count). The molecule has 45 heteroatoms. The van der Waals surface area contributed by atoms with E-state index in [2.05, 4.69) is 60.6 Å². The number of piperidine rings is 1. The number of halogens is 5. The number of amides is 9. The molecule has 6 aromatic rings. The van der Waals surface area contributed by atoms with Gasteiger partial charge in [-0.2, -0.15) is 37.5 Å². The largest absolute Gasteiger partial charge is 0.436 e. The zero-order valence-corrected chi connectivity index (χ0v) is 73.9. The van der Waals surface area contributed by atoms with Gasteiger partial charge in [0.1, 0.15) is 22.7 Å². The van der Waals surface area contributed by atoms with Gasteiger partial charge in [0.25, 0.3) is 29.5 Å². The summed E-state index contributed by atoms with van der Waals surface area (Å²) in [6.45, 7) is 13.9. The van der Waals surface area contributed by atoms with Crippen LogP contribution >= 0.6 is 22.9 Å². The summed E-state index contributed by atoms with van der Waals surface area (Å²) < 4.78 is 86.5. The van der Waals surface area contributed by atoms with Crippen molar-refractivity contribution in [3.8, 4) is 5.88 Å². The fourth-order valence-electron chi connectivity index (χ4n) is 12.1. The average molecular weight is 1980 g/mol. The van der Waals surface area contributed by atoms with Crippen LogP contribution in [0.2, 0.25) is 5.02 Å². The summed E-state index contributed by atoms with van der Waals surface area (Å²) in [4.78, 5) is 144. The van der Waals surface area contributed by atoms with Gasteiger partial charge >= 0.3 is 147 Å². The van der Waals surface area contributed by atoms with E-state index in [9.17, 15) is 75.1 Å². The zero-order chi connectivity index (χ0) is 84.7. The quantitative estimate of drug-likeness (QED) is 0.0896. The maximum Gasteiger partial charge on any atom is 0.436 e. The fraction of sp³-hybridized carbons (Fsp3) is 0.632. The second-order valence-electron chi connectivity index (χ2n) is 27.9. The molecule has 0 N–H and O–H groups in total. The van der Waals surface area contributed by atoms with E-state index in [-0.39, 0.29) is 80.1 Å². The van der Waals surface area contributed by atoms with Crippen molar-refractivity contribution in [2.24, 2.45) is 40.2 Å². The molecule has 6 aromatic heterocycles. The normalized spacial score (nSPS) is 18.1. The number of likely N-dealkylation sites (N-methyl/N-ethyl adjacent to an activating group) is 4. The van der Waals surface area contributed by atoms with Crippen LogP contribution in [0.4, 0.5) is 31.9 Å². The number of allylic oxidation sites excluding steroid dienone is 1. The van der Waals surface area contributed by atoms with E-state index in [1.54, 1.807) is 116 Å². The third kappa shape index (κ3) is 22.9. The Morgan fingerprint density at radius 2 is 1.13 bits per heavy atom. The van der Waals surface area contributed by atoms with Gasteiger partial charge in [-0.3, -0.25) is 52.8 Å². The van der Waals surface area contributed by atoms with Crippen molar-refractivity contribution in [3.05, 3.63) is 104 Å². The van der Waals surface area contributed by atoms with Crippen LogP contribution in [0.5, 0.6) is 5.88 Å². The van der Waals surface area contributed by atoms with Gasteiger partial charge in [-0.15, -0.1) is 5.10 Å². The third-order valence-corrected chi connectivity index (χ3v) is 23.2. The SMILES string of the molecule is CC(C)=C1OC(=O)N(C)C1=O.CC1OC(=O)N(C)C1=O.CN1C(=O)C2=C(CCCC2)C1=O.CN1C(=O)C2CCCCN2C1=O.CN=c1sc(=O)n2n1CCCC2.Cc1nn(C)c(=O)n1C(F)F.Cc1nn(C)c(OC(F)F)c1Cl.Cn1[c](=[W])n2n([c]1=[W])CCCC2.Cn1nc(C(C)(C)C)oc1=O.Cn1nc2n(c1=O)CCCC2. The number of carbonyl (C=O) groups excluding carboxylic acids is 8. The Balaban J connectivity index is 0.000000196. The molecule has 4 saturated heterocycles. The number of aromatic nitrogens is 15. The van der Waals surface area contributed by atoms with Crippen LogP contribution in [-0.2, 0) is 152 Å². The van der Waals surface area contributed by atoms with E-state index in [1.165, 1.54) is 104 Å². The Kier molecular flexibility index (Phi) is 33.5. The molecule has 0 bridgehead atoms. The number of aryl methyl sites for hydroxylation is 7. The maximum absolute atomic E-state index is 12.0. The monoisotopic (exact) mass is 1980 g/mol. The Morgan fingerprint density at radius 1 is 0.602 bits per heavy atom. The van der Waals surface area contributed by atoms with E-state index in [1.807, 2.05) is 25.5 Å². The predicted octanol–water partition coefficient (Wildman–Crippen LogP) is 5.63. The minimum Gasteiger partial charge on any atom is -0.392 e. The number of cyclic esters (lactones) is 2. The van der Waals surface area contributed by atoms with Crippen molar-refractivity contribution >= 4 is 70.7 Å². The summed E-state index contributed by atoms with van der Waals surface area (Å²) >= 11 is 10.0. The van der Waals surface area contributed by atoms with Crippen molar-refractivity contribution in [3.63, 3.8) is 0 Å². The first-order valence-corrected chi connectivity index (χ1v) is 40.1. The summed E-state index contributed by atoms with van der Waals surface area (Å²) in [7, 11) is 15.9. The van der Waals surface area contributed by atoms with E-state index in [0.29, 0.717) is 21.7 Å². The first-order valence-electron chi connectivity index (χ1n) is 36.0. The summed E-state index contributed by atoms with van der Waals surface area (Å²) in [5.41, 5.74) is 1.77. The Morgan fingerprint density at radius 3 is 1.52 bits per heavy atom. The number of alkyl halides is 4. The molecule has 8 aliphatic heterocycles. The predicted molar refractivity (Wildman–Crippen MR) is 390 cm³/mol. The molecule has 37 nitrogen and oxygen atoms in total.